The van der Waals surface area contributed by atoms with Crippen LogP contribution in [-0.2, 0) is 17.3 Å². The van der Waals surface area contributed by atoms with E-state index in [9.17, 15) is 13.5 Å². The van der Waals surface area contributed by atoms with E-state index in [-0.39, 0.29) is 17.9 Å². The van der Waals surface area contributed by atoms with Gasteiger partial charge in [-0.25, -0.2) is 4.31 Å². The van der Waals surface area contributed by atoms with Crippen LogP contribution in [0.1, 0.15) is 63.5 Å². The van der Waals surface area contributed by atoms with Gasteiger partial charge >= 0.3 is 10.2 Å². The van der Waals surface area contributed by atoms with Crippen LogP contribution in [0.15, 0.2) is 35.0 Å². The second kappa shape index (κ2) is 10.1. The van der Waals surface area contributed by atoms with Crippen LogP contribution in [0.25, 0.3) is 0 Å². The topological polar surface area (TPSA) is 106 Å². The molecule has 10 heteroatoms. The van der Waals surface area contributed by atoms with Crippen LogP contribution >= 0.6 is 0 Å². The molecule has 1 saturated heterocycles. The lowest BCUT2D eigenvalue weighted by molar-refractivity contribution is -0.213. The second-order valence-corrected chi connectivity index (χ2v) is 10.9. The predicted octanol–water partition coefficient (Wildman–Crippen LogP) is 2.64. The van der Waals surface area contributed by atoms with Gasteiger partial charge in [0.1, 0.15) is 0 Å². The summed E-state index contributed by atoms with van der Waals surface area (Å²) in [5, 5.41) is 19.5. The summed E-state index contributed by atoms with van der Waals surface area (Å²) in [6.07, 6.45) is 4.42. The van der Waals surface area contributed by atoms with Crippen LogP contribution < -0.4 is 14.7 Å². The largest absolute Gasteiger partial charge is 0.845 e. The molecule has 0 bridgehead atoms. The number of nitrogens with one attached hydrogen (secondary N) is 1. The number of amidine groups is 1. The number of aryl methyl sites for hydroxylation is 1. The maximum absolute atomic E-state index is 13.3. The number of rotatable bonds is 7. The molecule has 182 valence electrons. The van der Waals surface area contributed by atoms with Gasteiger partial charge in [-0.1, -0.05) is 33.8 Å². The van der Waals surface area contributed by atoms with Crippen molar-refractivity contribution < 1.29 is 13.5 Å². The molecule has 0 atom stereocenters. The molecule has 9 nitrogen and oxygen atoms in total. The van der Waals surface area contributed by atoms with Crippen molar-refractivity contribution in [3.05, 3.63) is 41.7 Å². The first kappa shape index (κ1) is 25.0. The number of piperidine rings is 1. The van der Waals surface area contributed by atoms with Gasteiger partial charge in [-0.3, -0.25) is 4.68 Å². The summed E-state index contributed by atoms with van der Waals surface area (Å²) in [6, 6.07) is 4.65. The standard InChI is InChI=1S/C23H36N6O3S/c1-16(2)18-11-19(17(3)4)13-20(12-18)25-23(30)26-33(31,32)29(22-14-24-28(6)15-22)21-7-9-27(5)10-8-21/h11-17,21H,7-10H2,1-6H3,(H2,25,26,30)/p-1. The van der Waals surface area contributed by atoms with Gasteiger partial charge in [-0.05, 0) is 68.1 Å². The maximum atomic E-state index is 13.3. The van der Waals surface area contributed by atoms with E-state index in [4.69, 9.17) is 0 Å². The van der Waals surface area contributed by atoms with E-state index >= 15 is 0 Å². The van der Waals surface area contributed by atoms with Crippen LogP contribution in [0.2, 0.25) is 0 Å². The van der Waals surface area contributed by atoms with Gasteiger partial charge in [-0.15, -0.1) is 4.40 Å². The quantitative estimate of drug-likeness (QED) is 0.487. The molecule has 3 rings (SSSR count). The van der Waals surface area contributed by atoms with Crippen LogP contribution in [-0.4, -0.2) is 55.3 Å². The van der Waals surface area contributed by atoms with Gasteiger partial charge < -0.3 is 15.3 Å². The molecule has 0 radical (unpaired) electrons. The molecule has 1 aliphatic rings. The Bertz CT molecular complexity index is 1060. The van der Waals surface area contributed by atoms with E-state index in [0.29, 0.717) is 24.2 Å². The van der Waals surface area contributed by atoms with E-state index < -0.39 is 16.2 Å². The summed E-state index contributed by atoms with van der Waals surface area (Å²) < 4.78 is 33.1. The summed E-state index contributed by atoms with van der Waals surface area (Å²) in [6.45, 7) is 9.84. The summed E-state index contributed by atoms with van der Waals surface area (Å²) in [7, 11) is -0.546. The molecule has 1 aliphatic heterocycles. The minimum atomic E-state index is -4.28. The molecular weight excluding hydrogens is 440 g/mol. The lowest BCUT2D eigenvalue weighted by Gasteiger charge is -2.36. The third-order valence-corrected chi connectivity index (χ3v) is 7.38. The zero-order valence-electron chi connectivity index (χ0n) is 20.3. The molecule has 1 N–H and O–H groups in total. The van der Waals surface area contributed by atoms with Crippen molar-refractivity contribution in [1.29, 1.82) is 0 Å². The molecule has 0 aliphatic carbocycles. The highest BCUT2D eigenvalue weighted by Gasteiger charge is 2.33. The van der Waals surface area contributed by atoms with Gasteiger partial charge in [0.05, 0.1) is 17.9 Å². The Morgan fingerprint density at radius 1 is 1.12 bits per heavy atom. The lowest BCUT2D eigenvalue weighted by Crippen LogP contribution is -2.46. The Balaban J connectivity index is 1.92. The first-order chi connectivity index (χ1) is 15.5. The molecule has 0 saturated carbocycles. The molecular formula is C23H35N6O3S-. The number of anilines is 2. The maximum Gasteiger partial charge on any atom is 0.345 e. The first-order valence-electron chi connectivity index (χ1n) is 11.4. The van der Waals surface area contributed by atoms with Crippen LogP contribution in [0.3, 0.4) is 0 Å². The van der Waals surface area contributed by atoms with Gasteiger partial charge in [-0.2, -0.15) is 13.5 Å². The van der Waals surface area contributed by atoms with Crippen molar-refractivity contribution in [1.82, 2.24) is 14.7 Å². The molecule has 0 unspecified atom stereocenters. The van der Waals surface area contributed by atoms with Crippen LogP contribution in [0, 0.1) is 0 Å². The van der Waals surface area contributed by atoms with Crippen LogP contribution in [0.4, 0.5) is 11.4 Å². The number of nitrogens with zero attached hydrogens (tertiary/aromatic N) is 5. The third-order valence-electron chi connectivity index (χ3n) is 5.97. The molecule has 0 amide bonds. The smallest absolute Gasteiger partial charge is 0.345 e. The molecule has 1 fully saturated rings. The molecule has 0 spiro atoms. The van der Waals surface area contributed by atoms with Gasteiger partial charge in [0.2, 0.25) is 0 Å². The first-order valence-corrected chi connectivity index (χ1v) is 12.8. The number of benzene rings is 1. The zero-order valence-corrected chi connectivity index (χ0v) is 21.1. The van der Waals surface area contributed by atoms with Crippen molar-refractivity contribution in [2.24, 2.45) is 11.4 Å². The average Bonchev–Trinajstić information content (AvgIpc) is 3.14. The Morgan fingerprint density at radius 2 is 1.70 bits per heavy atom. The summed E-state index contributed by atoms with van der Waals surface area (Å²) in [5.41, 5.74) is 3.10. The molecule has 33 heavy (non-hydrogen) atoms. The number of hydrogen-bond acceptors (Lipinski definition) is 5. The van der Waals surface area contributed by atoms with Gasteiger partial charge in [0.15, 0.2) is 0 Å². The molecule has 1 aromatic heterocycles. The SMILES string of the molecule is CC(C)c1cc(N/C([O-])=N/S(=O)(=O)N(c2cnn(C)c2)C2CCN(C)CC2)cc(C(C)C)c1. The Morgan fingerprint density at radius 3 is 2.18 bits per heavy atom. The van der Waals surface area contributed by atoms with Gasteiger partial charge in [0.25, 0.3) is 0 Å². The second-order valence-electron chi connectivity index (χ2n) is 9.40. The van der Waals surface area contributed by atoms with E-state index in [1.54, 1.807) is 13.2 Å². The summed E-state index contributed by atoms with van der Waals surface area (Å²) >= 11 is 0. The third kappa shape index (κ3) is 6.26. The van der Waals surface area contributed by atoms with Gasteiger partial charge in [0, 0.05) is 25.0 Å². The molecule has 2 aromatic rings. The van der Waals surface area contributed by atoms with E-state index in [1.807, 2.05) is 19.2 Å². The Labute approximate surface area is 197 Å². The fourth-order valence-electron chi connectivity index (χ4n) is 3.99. The number of aromatic nitrogens is 2. The average molecular weight is 476 g/mol. The van der Waals surface area contributed by atoms with Crippen molar-refractivity contribution in [3.8, 4) is 0 Å². The van der Waals surface area contributed by atoms with E-state index in [0.717, 1.165) is 24.2 Å². The zero-order chi connectivity index (χ0) is 24.3. The van der Waals surface area contributed by atoms with E-state index in [2.05, 4.69) is 53.5 Å². The Hall–Kier alpha value is -2.59. The highest BCUT2D eigenvalue weighted by molar-refractivity contribution is 7.91. The minimum Gasteiger partial charge on any atom is -0.845 e. The Kier molecular flexibility index (Phi) is 7.69. The van der Waals surface area contributed by atoms with Crippen LogP contribution in [0.5, 0.6) is 0 Å². The number of hydrogen-bond donors (Lipinski definition) is 1. The molecule has 2 heterocycles. The highest BCUT2D eigenvalue weighted by Crippen LogP contribution is 2.28. The van der Waals surface area contributed by atoms with Crippen molar-refractivity contribution in [3.63, 3.8) is 0 Å². The lowest BCUT2D eigenvalue weighted by atomic mass is 9.95. The van der Waals surface area contributed by atoms with Crippen molar-refractivity contribution in [2.45, 2.75) is 58.4 Å². The predicted molar refractivity (Wildman–Crippen MR) is 131 cm³/mol. The monoisotopic (exact) mass is 475 g/mol. The fourth-order valence-corrected chi connectivity index (χ4v) is 5.29. The normalized spacial score (nSPS) is 16.5. The fraction of sp³-hybridized carbons (Fsp3) is 0.565. The highest BCUT2D eigenvalue weighted by atomic mass is 32.2. The number of likely N-dealkylation sites (tertiary alicyclic amines) is 1. The minimum absolute atomic E-state index is 0.269. The summed E-state index contributed by atoms with van der Waals surface area (Å²) in [5.74, 6) is 0.538. The summed E-state index contributed by atoms with van der Waals surface area (Å²) in [4.78, 5) is 2.16. The van der Waals surface area contributed by atoms with E-state index in [1.165, 1.54) is 15.2 Å². The van der Waals surface area contributed by atoms with Crippen molar-refractivity contribution in [2.75, 3.05) is 29.8 Å². The molecule has 1 aromatic carbocycles. The van der Waals surface area contributed by atoms with Crippen molar-refractivity contribution >= 4 is 27.6 Å².